The fourth-order valence-corrected chi connectivity index (χ4v) is 5.46. The number of aromatic nitrogens is 2. The van der Waals surface area contributed by atoms with Crippen LogP contribution in [0.1, 0.15) is 17.4 Å². The predicted molar refractivity (Wildman–Crippen MR) is 113 cm³/mol. The standard InChI is InChI=1S/C20H21AsN3O3S/c1-13(24-25)17-8-9-18(28-17)16-12-19(23-20(22-16)27-3)21-11-10-14-4-6-15(26-2)7-5-14/h4-9,12,25H,10-11H2,1-3H3/b24-13+. The molecule has 3 aromatic rings. The average Bonchev–Trinajstić information content (AvgIpc) is 3.24. The summed E-state index contributed by atoms with van der Waals surface area (Å²) in [6, 6.07) is 14.5. The van der Waals surface area contributed by atoms with E-state index in [1.54, 1.807) is 21.1 Å². The zero-order chi connectivity index (χ0) is 19.9. The Kier molecular flexibility index (Phi) is 7.06. The topological polar surface area (TPSA) is 76.8 Å². The van der Waals surface area contributed by atoms with Crippen LogP contribution in [-0.4, -0.2) is 50.9 Å². The number of hydrogen-bond donors (Lipinski definition) is 1. The maximum absolute atomic E-state index is 8.96. The Morgan fingerprint density at radius 2 is 1.89 bits per heavy atom. The number of oxime groups is 1. The van der Waals surface area contributed by atoms with Crippen LogP contribution in [0.2, 0.25) is 5.21 Å². The van der Waals surface area contributed by atoms with Gasteiger partial charge in [-0.1, -0.05) is 0 Å². The van der Waals surface area contributed by atoms with Crippen molar-refractivity contribution in [3.05, 3.63) is 52.9 Å². The summed E-state index contributed by atoms with van der Waals surface area (Å²) < 4.78 is 11.5. The number of rotatable bonds is 8. The Morgan fingerprint density at radius 3 is 2.57 bits per heavy atom. The summed E-state index contributed by atoms with van der Waals surface area (Å²) in [4.78, 5) is 10.9. The van der Waals surface area contributed by atoms with Gasteiger partial charge in [-0.15, -0.1) is 0 Å². The van der Waals surface area contributed by atoms with Gasteiger partial charge in [-0.25, -0.2) is 0 Å². The minimum atomic E-state index is -0.111. The number of nitrogens with zero attached hydrogens (tertiary/aromatic N) is 3. The summed E-state index contributed by atoms with van der Waals surface area (Å²) >= 11 is 1.42. The molecule has 0 aliphatic heterocycles. The van der Waals surface area contributed by atoms with E-state index in [1.807, 2.05) is 30.3 Å². The van der Waals surface area contributed by atoms with Gasteiger partial charge in [-0.3, -0.25) is 0 Å². The van der Waals surface area contributed by atoms with Gasteiger partial charge >= 0.3 is 175 Å². The van der Waals surface area contributed by atoms with Gasteiger partial charge in [0.15, 0.2) is 0 Å². The first-order chi connectivity index (χ1) is 13.6. The molecule has 3 rings (SSSR count). The molecule has 8 heteroatoms. The number of hydrogen-bond acceptors (Lipinski definition) is 7. The van der Waals surface area contributed by atoms with Crippen molar-refractivity contribution >= 4 is 37.3 Å². The molecule has 6 nitrogen and oxygen atoms in total. The van der Waals surface area contributed by atoms with Crippen molar-refractivity contribution in [1.82, 2.24) is 9.97 Å². The molecule has 0 amide bonds. The maximum atomic E-state index is 8.96. The molecule has 2 heterocycles. The zero-order valence-corrected chi connectivity index (χ0v) is 18.6. The molecule has 1 radical (unpaired) electrons. The van der Waals surface area contributed by atoms with Gasteiger partial charge in [0.05, 0.1) is 0 Å². The normalized spacial score (nSPS) is 11.9. The van der Waals surface area contributed by atoms with Crippen LogP contribution in [0.5, 0.6) is 11.8 Å². The molecule has 145 valence electrons. The molecule has 0 aliphatic rings. The van der Waals surface area contributed by atoms with E-state index < -0.39 is 0 Å². The van der Waals surface area contributed by atoms with E-state index in [9.17, 15) is 0 Å². The van der Waals surface area contributed by atoms with Gasteiger partial charge in [-0.05, 0) is 0 Å². The van der Waals surface area contributed by atoms with E-state index in [4.69, 9.17) is 14.7 Å². The quantitative estimate of drug-likeness (QED) is 0.242. The molecule has 1 N–H and O–H groups in total. The third kappa shape index (κ3) is 5.12. The first-order valence-electron chi connectivity index (χ1n) is 8.65. The molecule has 0 aliphatic carbocycles. The first kappa shape index (κ1) is 20.4. The van der Waals surface area contributed by atoms with Gasteiger partial charge in [0, 0.05) is 0 Å². The summed E-state index contributed by atoms with van der Waals surface area (Å²) in [5, 5.41) is 13.3. The molecule has 1 aromatic carbocycles. The average molecular weight is 458 g/mol. The van der Waals surface area contributed by atoms with E-state index in [0.717, 1.165) is 37.3 Å². The third-order valence-corrected chi connectivity index (χ3v) is 7.39. The molecular formula is C20H21AsN3O3S. The molecule has 0 fully saturated rings. The molecule has 0 saturated heterocycles. The molecule has 0 bridgehead atoms. The number of benzene rings is 1. The summed E-state index contributed by atoms with van der Waals surface area (Å²) in [6.07, 6.45) is 1.00. The Morgan fingerprint density at radius 1 is 1.11 bits per heavy atom. The predicted octanol–water partition coefficient (Wildman–Crippen LogP) is 3.41. The second kappa shape index (κ2) is 9.71. The van der Waals surface area contributed by atoms with E-state index in [0.29, 0.717) is 11.7 Å². The van der Waals surface area contributed by atoms with E-state index in [-0.39, 0.29) is 15.8 Å². The zero-order valence-electron chi connectivity index (χ0n) is 15.9. The van der Waals surface area contributed by atoms with Crippen LogP contribution in [0.4, 0.5) is 0 Å². The summed E-state index contributed by atoms with van der Waals surface area (Å²) in [5.74, 6) is 0.874. The fraction of sp³-hybridized carbons (Fsp3) is 0.250. The molecule has 28 heavy (non-hydrogen) atoms. The Labute approximate surface area is 174 Å². The van der Waals surface area contributed by atoms with Crippen LogP contribution in [0, 0.1) is 0 Å². The van der Waals surface area contributed by atoms with Crippen LogP contribution >= 0.6 is 11.3 Å². The van der Waals surface area contributed by atoms with Gasteiger partial charge in [0.25, 0.3) is 0 Å². The monoisotopic (exact) mass is 458 g/mol. The summed E-state index contributed by atoms with van der Waals surface area (Å²) in [6.45, 7) is 1.77. The van der Waals surface area contributed by atoms with Crippen molar-refractivity contribution in [2.75, 3.05) is 14.2 Å². The minimum absolute atomic E-state index is 0.111. The van der Waals surface area contributed by atoms with Crippen molar-refractivity contribution in [3.8, 4) is 22.3 Å². The van der Waals surface area contributed by atoms with Gasteiger partial charge in [0.1, 0.15) is 0 Å². The molecule has 0 atom stereocenters. The molecule has 0 saturated carbocycles. The van der Waals surface area contributed by atoms with Crippen LogP contribution in [0.25, 0.3) is 10.6 Å². The van der Waals surface area contributed by atoms with Crippen LogP contribution in [0.3, 0.4) is 0 Å². The third-order valence-electron chi connectivity index (χ3n) is 4.07. The SMILES string of the molecule is COc1ccc(CC[As]c2cc(-c3ccc(/C(C)=N/O)s3)nc(OC)n2)cc1. The van der Waals surface area contributed by atoms with Gasteiger partial charge in [-0.2, -0.15) is 0 Å². The first-order valence-corrected chi connectivity index (χ1v) is 11.7. The number of methoxy groups -OCH3 is 2. The fourth-order valence-electron chi connectivity index (χ4n) is 2.52. The molecular weight excluding hydrogens is 437 g/mol. The van der Waals surface area contributed by atoms with E-state index >= 15 is 0 Å². The number of thiophene rings is 1. The second-order valence-corrected chi connectivity index (χ2v) is 9.57. The Balaban J connectivity index is 1.72. The Bertz CT molecular complexity index is 958. The number of ether oxygens (including phenoxy) is 2. The molecule has 0 spiro atoms. The van der Waals surface area contributed by atoms with Crippen molar-refractivity contribution in [2.45, 2.75) is 18.6 Å². The second-order valence-electron chi connectivity index (χ2n) is 5.93. The van der Waals surface area contributed by atoms with E-state index in [1.165, 1.54) is 16.9 Å². The van der Waals surface area contributed by atoms with Crippen molar-refractivity contribution in [2.24, 2.45) is 5.16 Å². The number of aryl methyl sites for hydroxylation is 1. The van der Waals surface area contributed by atoms with Gasteiger partial charge < -0.3 is 0 Å². The Hall–Kier alpha value is -2.37. The molecule has 0 unspecified atom stereocenters. The van der Waals surface area contributed by atoms with Gasteiger partial charge in [0.2, 0.25) is 0 Å². The van der Waals surface area contributed by atoms with Crippen LogP contribution < -0.4 is 14.0 Å². The van der Waals surface area contributed by atoms with Crippen molar-refractivity contribution in [1.29, 1.82) is 0 Å². The molecule has 2 aromatic heterocycles. The van der Waals surface area contributed by atoms with Crippen LogP contribution in [-0.2, 0) is 6.42 Å². The van der Waals surface area contributed by atoms with Crippen LogP contribution in [0.15, 0.2) is 47.6 Å². The summed E-state index contributed by atoms with van der Waals surface area (Å²) in [5.41, 5.74) is 2.71. The van der Waals surface area contributed by atoms with E-state index in [2.05, 4.69) is 27.3 Å². The summed E-state index contributed by atoms with van der Waals surface area (Å²) in [7, 11) is 3.26. The van der Waals surface area contributed by atoms with Crippen molar-refractivity contribution < 1.29 is 14.7 Å². The van der Waals surface area contributed by atoms with Crippen molar-refractivity contribution in [3.63, 3.8) is 0 Å².